The number of hydrogen-bond donors (Lipinski definition) is 2. The fourth-order valence-corrected chi connectivity index (χ4v) is 5.07. The fourth-order valence-electron chi connectivity index (χ4n) is 4.88. The first-order valence-electron chi connectivity index (χ1n) is 11.0. The second-order valence-corrected chi connectivity index (χ2v) is 9.17. The summed E-state index contributed by atoms with van der Waals surface area (Å²) in [5.74, 6) is 1.81. The van der Waals surface area contributed by atoms with Gasteiger partial charge in [-0.3, -0.25) is 0 Å². The lowest BCUT2D eigenvalue weighted by molar-refractivity contribution is 0.435. The highest BCUT2D eigenvalue weighted by Crippen LogP contribution is 2.40. The lowest BCUT2D eigenvalue weighted by Crippen LogP contribution is -2.40. The number of pyridine rings is 1. The predicted octanol–water partition coefficient (Wildman–Crippen LogP) is 5.12. The monoisotopic (exact) mass is 408 g/mol. The summed E-state index contributed by atoms with van der Waals surface area (Å²) in [7, 11) is 0. The molecule has 1 aliphatic carbocycles. The Morgan fingerprint density at radius 1 is 1.14 bits per heavy atom. The number of piperidine rings is 1. The fraction of sp³-hybridized carbons (Fsp3) is 0.500. The molecular weight excluding hydrogens is 376 g/mol. The molecule has 2 N–H and O–H groups in total. The molecule has 1 atom stereocenters. The quantitative estimate of drug-likeness (QED) is 0.672. The molecule has 29 heavy (non-hydrogen) atoms. The van der Waals surface area contributed by atoms with Crippen molar-refractivity contribution in [1.82, 2.24) is 10.3 Å². The highest BCUT2D eigenvalue weighted by Gasteiger charge is 2.35. The van der Waals surface area contributed by atoms with Gasteiger partial charge < -0.3 is 15.5 Å². The minimum Gasteiger partial charge on any atom is -0.362 e. The normalized spacial score (nSPS) is 21.0. The van der Waals surface area contributed by atoms with E-state index in [1.54, 1.807) is 0 Å². The average molecular weight is 409 g/mol. The van der Waals surface area contributed by atoms with Gasteiger partial charge in [0.2, 0.25) is 0 Å². The zero-order valence-corrected chi connectivity index (χ0v) is 18.2. The molecule has 0 unspecified atom stereocenters. The Labute approximate surface area is 180 Å². The van der Waals surface area contributed by atoms with E-state index in [-0.39, 0.29) is 5.41 Å². The predicted molar refractivity (Wildman–Crippen MR) is 126 cm³/mol. The first kappa shape index (κ1) is 20.1. The second kappa shape index (κ2) is 9.12. The van der Waals surface area contributed by atoms with E-state index in [9.17, 15) is 0 Å². The van der Waals surface area contributed by atoms with Gasteiger partial charge in [0.1, 0.15) is 5.82 Å². The summed E-state index contributed by atoms with van der Waals surface area (Å²) in [5, 5.41) is 7.47. The number of hydrogen-bond acceptors (Lipinski definition) is 3. The summed E-state index contributed by atoms with van der Waals surface area (Å²) < 4.78 is 0. The van der Waals surface area contributed by atoms with Crippen molar-refractivity contribution in [2.75, 3.05) is 29.9 Å². The summed E-state index contributed by atoms with van der Waals surface area (Å²) in [5.41, 5.74) is 2.56. The summed E-state index contributed by atoms with van der Waals surface area (Å²) in [6.07, 6.45) is 9.48. The summed E-state index contributed by atoms with van der Waals surface area (Å²) in [6, 6.07) is 15.1. The molecule has 4 nitrogen and oxygen atoms in total. The standard InChI is InChI=1S/C24H32N4S/c1-19-8-7-15-28(17-19)22-12-11-21(16-25-22)27-23(29)26-18-24(13-5-6-14-24)20-9-3-2-4-10-20/h2-4,9-12,16,19H,5-8,13-15,17-18H2,1H3,(H2,26,27,29)/t19-/m0/s1. The molecule has 2 fully saturated rings. The van der Waals surface area contributed by atoms with Gasteiger partial charge in [0.15, 0.2) is 5.11 Å². The van der Waals surface area contributed by atoms with E-state index in [0.717, 1.165) is 37.1 Å². The van der Waals surface area contributed by atoms with Gasteiger partial charge in [-0.05, 0) is 61.5 Å². The molecule has 154 valence electrons. The molecule has 1 saturated heterocycles. The highest BCUT2D eigenvalue weighted by molar-refractivity contribution is 7.80. The van der Waals surface area contributed by atoms with Crippen LogP contribution in [0, 0.1) is 5.92 Å². The van der Waals surface area contributed by atoms with Crippen LogP contribution in [0.5, 0.6) is 0 Å². The number of rotatable bonds is 5. The van der Waals surface area contributed by atoms with Gasteiger partial charge in [-0.1, -0.05) is 50.1 Å². The Hall–Kier alpha value is -2.14. The molecule has 0 radical (unpaired) electrons. The van der Waals surface area contributed by atoms with Crippen molar-refractivity contribution < 1.29 is 0 Å². The van der Waals surface area contributed by atoms with Gasteiger partial charge in [-0.15, -0.1) is 0 Å². The zero-order valence-electron chi connectivity index (χ0n) is 17.4. The SMILES string of the molecule is C[C@H]1CCCN(c2ccc(NC(=S)NCC3(c4ccccc4)CCCC3)cn2)C1. The van der Waals surface area contributed by atoms with Crippen molar-refractivity contribution in [3.63, 3.8) is 0 Å². The third-order valence-corrected chi connectivity index (χ3v) is 6.77. The van der Waals surface area contributed by atoms with Crippen LogP contribution >= 0.6 is 12.2 Å². The van der Waals surface area contributed by atoms with Gasteiger partial charge >= 0.3 is 0 Å². The van der Waals surface area contributed by atoms with E-state index in [2.05, 4.69) is 69.9 Å². The Balaban J connectivity index is 1.33. The van der Waals surface area contributed by atoms with Crippen molar-refractivity contribution in [2.45, 2.75) is 50.9 Å². The Morgan fingerprint density at radius 3 is 2.62 bits per heavy atom. The molecule has 1 aromatic heterocycles. The maximum absolute atomic E-state index is 5.58. The van der Waals surface area contributed by atoms with Crippen LogP contribution in [0.4, 0.5) is 11.5 Å². The van der Waals surface area contributed by atoms with E-state index < -0.39 is 0 Å². The van der Waals surface area contributed by atoms with E-state index in [1.165, 1.54) is 44.1 Å². The smallest absolute Gasteiger partial charge is 0.170 e. The van der Waals surface area contributed by atoms with Crippen LogP contribution in [0.25, 0.3) is 0 Å². The van der Waals surface area contributed by atoms with Crippen molar-refractivity contribution in [3.8, 4) is 0 Å². The van der Waals surface area contributed by atoms with Gasteiger partial charge in [0.05, 0.1) is 11.9 Å². The molecule has 0 bridgehead atoms. The highest BCUT2D eigenvalue weighted by atomic mass is 32.1. The number of benzene rings is 1. The van der Waals surface area contributed by atoms with Gasteiger partial charge in [-0.25, -0.2) is 4.98 Å². The van der Waals surface area contributed by atoms with Crippen molar-refractivity contribution in [1.29, 1.82) is 0 Å². The van der Waals surface area contributed by atoms with Crippen molar-refractivity contribution in [2.24, 2.45) is 5.92 Å². The summed E-state index contributed by atoms with van der Waals surface area (Å²) in [6.45, 7) is 5.39. The molecule has 2 aromatic rings. The van der Waals surface area contributed by atoms with E-state index in [0.29, 0.717) is 5.11 Å². The maximum atomic E-state index is 5.58. The van der Waals surface area contributed by atoms with Crippen molar-refractivity contribution >= 4 is 28.8 Å². The summed E-state index contributed by atoms with van der Waals surface area (Å²) in [4.78, 5) is 7.05. The number of aromatic nitrogens is 1. The van der Waals surface area contributed by atoms with Crippen molar-refractivity contribution in [3.05, 3.63) is 54.2 Å². The average Bonchev–Trinajstić information content (AvgIpc) is 3.24. The third kappa shape index (κ3) is 4.89. The molecule has 0 spiro atoms. The molecule has 4 rings (SSSR count). The third-order valence-electron chi connectivity index (χ3n) is 6.52. The van der Waals surface area contributed by atoms with E-state index in [1.807, 2.05) is 6.20 Å². The Bertz CT molecular complexity index is 799. The second-order valence-electron chi connectivity index (χ2n) is 8.76. The van der Waals surface area contributed by atoms with Crippen LogP contribution in [-0.2, 0) is 5.41 Å². The Kier molecular flexibility index (Phi) is 6.34. The van der Waals surface area contributed by atoms with Crippen LogP contribution in [0.15, 0.2) is 48.7 Å². The maximum Gasteiger partial charge on any atom is 0.170 e. The Morgan fingerprint density at radius 2 is 1.93 bits per heavy atom. The molecule has 2 heterocycles. The molecule has 2 aliphatic rings. The minimum atomic E-state index is 0.195. The largest absolute Gasteiger partial charge is 0.362 e. The van der Waals surface area contributed by atoms with Crippen LogP contribution < -0.4 is 15.5 Å². The van der Waals surface area contributed by atoms with E-state index in [4.69, 9.17) is 12.2 Å². The zero-order chi connectivity index (χ0) is 20.1. The minimum absolute atomic E-state index is 0.195. The number of nitrogens with one attached hydrogen (secondary N) is 2. The lowest BCUT2D eigenvalue weighted by atomic mass is 9.79. The van der Waals surface area contributed by atoms with Crippen LogP contribution in [0.3, 0.4) is 0 Å². The molecule has 1 saturated carbocycles. The first-order valence-corrected chi connectivity index (χ1v) is 11.4. The van der Waals surface area contributed by atoms with Crippen LogP contribution in [0.2, 0.25) is 0 Å². The molecule has 1 aliphatic heterocycles. The molecule has 0 amide bonds. The van der Waals surface area contributed by atoms with E-state index >= 15 is 0 Å². The van der Waals surface area contributed by atoms with Crippen LogP contribution in [0.1, 0.15) is 51.0 Å². The molecule has 5 heteroatoms. The van der Waals surface area contributed by atoms with Gasteiger partial charge in [0.25, 0.3) is 0 Å². The molecular formula is C24H32N4S. The first-order chi connectivity index (χ1) is 14.1. The molecule has 1 aromatic carbocycles. The van der Waals surface area contributed by atoms with Gasteiger partial charge in [0, 0.05) is 25.0 Å². The topological polar surface area (TPSA) is 40.2 Å². The summed E-state index contributed by atoms with van der Waals surface area (Å²) >= 11 is 5.58. The lowest BCUT2D eigenvalue weighted by Gasteiger charge is -2.32. The number of anilines is 2. The number of thiocarbonyl (C=S) groups is 1. The van der Waals surface area contributed by atoms with Crippen LogP contribution in [-0.4, -0.2) is 29.7 Å². The van der Waals surface area contributed by atoms with Gasteiger partial charge in [-0.2, -0.15) is 0 Å². The number of nitrogens with zero attached hydrogens (tertiary/aromatic N) is 2.